The van der Waals surface area contributed by atoms with E-state index in [1.54, 1.807) is 0 Å². The summed E-state index contributed by atoms with van der Waals surface area (Å²) < 4.78 is 0. The van der Waals surface area contributed by atoms with E-state index in [9.17, 15) is 5.11 Å². The van der Waals surface area contributed by atoms with E-state index >= 15 is 0 Å². The van der Waals surface area contributed by atoms with Gasteiger partial charge in [-0.3, -0.25) is 0 Å². The van der Waals surface area contributed by atoms with Gasteiger partial charge in [0.1, 0.15) is 0 Å². The molecule has 1 aliphatic carbocycles. The molecule has 0 radical (unpaired) electrons. The second-order valence-corrected chi connectivity index (χ2v) is 7.12. The highest BCUT2D eigenvalue weighted by atomic mass is 16.3. The monoisotopic (exact) mass is 240 g/mol. The third-order valence-corrected chi connectivity index (χ3v) is 5.19. The van der Waals surface area contributed by atoms with Crippen LogP contribution in [0, 0.1) is 10.8 Å². The van der Waals surface area contributed by atoms with Crippen molar-refractivity contribution in [2.75, 3.05) is 26.7 Å². The van der Waals surface area contributed by atoms with E-state index in [1.807, 2.05) is 0 Å². The number of rotatable bonds is 3. The largest absolute Gasteiger partial charge is 0.392 e. The van der Waals surface area contributed by atoms with Gasteiger partial charge in [0.05, 0.1) is 6.10 Å². The molecule has 2 unspecified atom stereocenters. The zero-order chi connectivity index (χ0) is 12.7. The summed E-state index contributed by atoms with van der Waals surface area (Å²) in [5.74, 6) is 0. The van der Waals surface area contributed by atoms with Gasteiger partial charge < -0.3 is 15.3 Å². The van der Waals surface area contributed by atoms with Gasteiger partial charge in [0.15, 0.2) is 0 Å². The molecule has 1 heterocycles. The van der Waals surface area contributed by atoms with E-state index < -0.39 is 0 Å². The first kappa shape index (κ1) is 13.3. The first-order valence-electron chi connectivity index (χ1n) is 6.93. The zero-order valence-corrected chi connectivity index (χ0v) is 11.8. The molecule has 17 heavy (non-hydrogen) atoms. The van der Waals surface area contributed by atoms with E-state index in [4.69, 9.17) is 0 Å². The fourth-order valence-electron chi connectivity index (χ4n) is 2.95. The van der Waals surface area contributed by atoms with Gasteiger partial charge in [-0.1, -0.05) is 20.8 Å². The van der Waals surface area contributed by atoms with Gasteiger partial charge in [-0.05, 0) is 44.8 Å². The minimum Gasteiger partial charge on any atom is -0.392 e. The van der Waals surface area contributed by atoms with E-state index in [1.165, 1.54) is 25.9 Å². The summed E-state index contributed by atoms with van der Waals surface area (Å²) in [6.07, 6.45) is 3.37. The van der Waals surface area contributed by atoms with E-state index in [0.717, 1.165) is 13.0 Å². The normalized spacial score (nSPS) is 36.5. The maximum absolute atomic E-state index is 9.74. The zero-order valence-electron chi connectivity index (χ0n) is 11.8. The summed E-state index contributed by atoms with van der Waals surface area (Å²) >= 11 is 0. The minimum atomic E-state index is -0.120. The van der Waals surface area contributed by atoms with Crippen LogP contribution in [0.4, 0.5) is 0 Å². The van der Waals surface area contributed by atoms with Crippen LogP contribution in [-0.4, -0.2) is 48.8 Å². The number of aliphatic hydroxyl groups is 1. The summed E-state index contributed by atoms with van der Waals surface area (Å²) in [6.45, 7) is 10.3. The number of hydrogen-bond donors (Lipinski definition) is 2. The second-order valence-electron chi connectivity index (χ2n) is 7.12. The Labute approximate surface area is 106 Å². The molecule has 0 amide bonds. The average Bonchev–Trinajstić information content (AvgIpc) is 2.29. The predicted octanol–water partition coefficient (Wildman–Crippen LogP) is 1.47. The number of piperidine rings is 1. The molecule has 3 nitrogen and oxygen atoms in total. The minimum absolute atomic E-state index is 0.0574. The molecule has 0 aromatic heterocycles. The van der Waals surface area contributed by atoms with Crippen LogP contribution in [0.3, 0.4) is 0 Å². The van der Waals surface area contributed by atoms with Crippen LogP contribution in [-0.2, 0) is 0 Å². The number of nitrogens with zero attached hydrogens (tertiary/aromatic N) is 1. The Morgan fingerprint density at radius 1 is 1.24 bits per heavy atom. The molecule has 0 aromatic carbocycles. The third-order valence-electron chi connectivity index (χ3n) is 5.19. The summed E-state index contributed by atoms with van der Waals surface area (Å²) in [5.41, 5.74) is 0.505. The van der Waals surface area contributed by atoms with Crippen molar-refractivity contribution in [1.82, 2.24) is 10.2 Å². The molecule has 2 rings (SSSR count). The molecule has 0 aromatic rings. The highest BCUT2D eigenvalue weighted by molar-refractivity contribution is 5.02. The van der Waals surface area contributed by atoms with Crippen molar-refractivity contribution in [3.63, 3.8) is 0 Å². The van der Waals surface area contributed by atoms with E-state index in [-0.39, 0.29) is 11.5 Å². The molecular formula is C14H28N2O. The lowest BCUT2D eigenvalue weighted by molar-refractivity contribution is -0.0759. The van der Waals surface area contributed by atoms with Gasteiger partial charge in [0, 0.05) is 18.0 Å². The van der Waals surface area contributed by atoms with Crippen molar-refractivity contribution in [2.24, 2.45) is 10.8 Å². The van der Waals surface area contributed by atoms with Crippen LogP contribution < -0.4 is 5.32 Å². The lowest BCUT2D eigenvalue weighted by Crippen LogP contribution is -2.61. The summed E-state index contributed by atoms with van der Waals surface area (Å²) in [7, 11) is 2.21. The molecule has 0 bridgehead atoms. The van der Waals surface area contributed by atoms with Crippen LogP contribution in [0.25, 0.3) is 0 Å². The van der Waals surface area contributed by atoms with E-state index in [2.05, 4.69) is 38.0 Å². The highest BCUT2D eigenvalue weighted by Gasteiger charge is 2.47. The topological polar surface area (TPSA) is 35.5 Å². The Bertz CT molecular complexity index is 269. The van der Waals surface area contributed by atoms with Crippen molar-refractivity contribution in [3.05, 3.63) is 0 Å². The van der Waals surface area contributed by atoms with Crippen LogP contribution >= 0.6 is 0 Å². The molecule has 2 atom stereocenters. The number of likely N-dealkylation sites (tertiary alicyclic amines) is 1. The van der Waals surface area contributed by atoms with Gasteiger partial charge in [-0.2, -0.15) is 0 Å². The van der Waals surface area contributed by atoms with Crippen LogP contribution in [0.5, 0.6) is 0 Å². The molecule has 2 fully saturated rings. The van der Waals surface area contributed by atoms with E-state index in [0.29, 0.717) is 11.5 Å². The summed E-state index contributed by atoms with van der Waals surface area (Å²) in [6, 6.07) is 0.494. The fraction of sp³-hybridized carbons (Fsp3) is 1.00. The van der Waals surface area contributed by atoms with Crippen molar-refractivity contribution in [2.45, 2.75) is 52.2 Å². The Morgan fingerprint density at radius 3 is 2.29 bits per heavy atom. The lowest BCUT2D eigenvalue weighted by Gasteiger charge is -2.51. The Hall–Kier alpha value is -0.120. The van der Waals surface area contributed by atoms with Crippen molar-refractivity contribution in [1.29, 1.82) is 0 Å². The van der Waals surface area contributed by atoms with Gasteiger partial charge in [-0.25, -0.2) is 0 Å². The third kappa shape index (κ3) is 2.67. The SMILES string of the molecule is CN1CCC(C)(CNC2CC(O)C2(C)C)CC1. The smallest absolute Gasteiger partial charge is 0.0621 e. The van der Waals surface area contributed by atoms with Gasteiger partial charge in [0.25, 0.3) is 0 Å². The molecule has 1 aliphatic heterocycles. The van der Waals surface area contributed by atoms with Crippen LogP contribution in [0.1, 0.15) is 40.0 Å². The Morgan fingerprint density at radius 2 is 1.82 bits per heavy atom. The second kappa shape index (κ2) is 4.52. The molecule has 1 saturated heterocycles. The first-order chi connectivity index (χ1) is 7.83. The average molecular weight is 240 g/mol. The van der Waals surface area contributed by atoms with Crippen LogP contribution in [0.2, 0.25) is 0 Å². The van der Waals surface area contributed by atoms with Gasteiger partial charge in [-0.15, -0.1) is 0 Å². The molecule has 0 spiro atoms. The molecule has 3 heteroatoms. The molecule has 2 N–H and O–H groups in total. The molecule has 1 saturated carbocycles. The molecular weight excluding hydrogens is 212 g/mol. The van der Waals surface area contributed by atoms with Gasteiger partial charge in [0.2, 0.25) is 0 Å². The summed E-state index contributed by atoms with van der Waals surface area (Å²) in [4.78, 5) is 2.42. The van der Waals surface area contributed by atoms with Crippen LogP contribution in [0.15, 0.2) is 0 Å². The highest BCUT2D eigenvalue weighted by Crippen LogP contribution is 2.41. The number of hydrogen-bond acceptors (Lipinski definition) is 3. The number of aliphatic hydroxyl groups excluding tert-OH is 1. The first-order valence-corrected chi connectivity index (χ1v) is 6.93. The molecule has 100 valence electrons. The van der Waals surface area contributed by atoms with Crippen molar-refractivity contribution in [3.8, 4) is 0 Å². The Balaban J connectivity index is 1.79. The van der Waals surface area contributed by atoms with Gasteiger partial charge >= 0.3 is 0 Å². The Kier molecular flexibility index (Phi) is 3.54. The quantitative estimate of drug-likeness (QED) is 0.784. The molecule has 2 aliphatic rings. The summed E-state index contributed by atoms with van der Waals surface area (Å²) in [5, 5.41) is 13.4. The number of nitrogens with one attached hydrogen (secondary N) is 1. The lowest BCUT2D eigenvalue weighted by atomic mass is 9.64. The standard InChI is InChI=1S/C14H28N2O/c1-13(2)11(9-12(13)17)15-10-14(3)5-7-16(4)8-6-14/h11-12,15,17H,5-10H2,1-4H3. The maximum Gasteiger partial charge on any atom is 0.0621 e. The predicted molar refractivity (Wildman–Crippen MR) is 71.0 cm³/mol. The van der Waals surface area contributed by atoms with Crippen molar-refractivity contribution >= 4 is 0 Å². The van der Waals surface area contributed by atoms with Crippen molar-refractivity contribution < 1.29 is 5.11 Å². The maximum atomic E-state index is 9.74. The fourth-order valence-corrected chi connectivity index (χ4v) is 2.95.